The fourth-order valence-electron chi connectivity index (χ4n) is 3.27. The molecule has 0 fully saturated rings. The van der Waals surface area contributed by atoms with Crippen molar-refractivity contribution in [3.8, 4) is 0 Å². The van der Waals surface area contributed by atoms with Crippen molar-refractivity contribution in [3.63, 3.8) is 0 Å². The van der Waals surface area contributed by atoms with Crippen LogP contribution in [0.5, 0.6) is 0 Å². The topological polar surface area (TPSA) is 90.0 Å². The summed E-state index contributed by atoms with van der Waals surface area (Å²) in [5.74, 6) is 0. The fourth-order valence-corrected chi connectivity index (χ4v) is 3.97. The molecule has 1 aromatic heterocycles. The van der Waals surface area contributed by atoms with E-state index in [0.717, 1.165) is 22.7 Å². The summed E-state index contributed by atoms with van der Waals surface area (Å²) in [6, 6.07) is 13.0. The van der Waals surface area contributed by atoms with Gasteiger partial charge in [-0.3, -0.25) is 9.40 Å². The molecular weight excluding hydrogens is 372 g/mol. The highest BCUT2D eigenvalue weighted by Crippen LogP contribution is 2.34. The maximum atomic E-state index is 11.6. The van der Waals surface area contributed by atoms with Crippen LogP contribution in [-0.4, -0.2) is 31.0 Å². The van der Waals surface area contributed by atoms with Crippen molar-refractivity contribution in [3.05, 3.63) is 59.2 Å². The molecule has 0 amide bonds. The number of nitrogens with zero attached hydrogens (tertiary/aromatic N) is 2. The van der Waals surface area contributed by atoms with Crippen molar-refractivity contribution >= 4 is 38.2 Å². The van der Waals surface area contributed by atoms with Gasteiger partial charge in [-0.1, -0.05) is 36.7 Å². The quantitative estimate of drug-likeness (QED) is 0.674. The summed E-state index contributed by atoms with van der Waals surface area (Å²) in [6.45, 7) is 2.39. The van der Waals surface area contributed by atoms with E-state index in [0.29, 0.717) is 23.7 Å². The first-order valence-corrected chi connectivity index (χ1v) is 10.5. The van der Waals surface area contributed by atoms with E-state index in [1.54, 1.807) is 18.3 Å². The van der Waals surface area contributed by atoms with E-state index in [9.17, 15) is 8.42 Å². The second kappa shape index (κ2) is 6.90. The zero-order valence-electron chi connectivity index (χ0n) is 14.6. The van der Waals surface area contributed by atoms with Crippen molar-refractivity contribution in [1.82, 2.24) is 9.78 Å². The number of nitrogens with two attached hydrogens (primary N) is 1. The lowest BCUT2D eigenvalue weighted by Gasteiger charge is -2.33. The van der Waals surface area contributed by atoms with E-state index in [1.165, 1.54) is 0 Å². The molecule has 0 radical (unpaired) electrons. The number of rotatable bonds is 6. The second-order valence-corrected chi connectivity index (χ2v) is 8.45. The molecule has 3 aromatic rings. The summed E-state index contributed by atoms with van der Waals surface area (Å²) < 4.78 is 27.7. The Bertz CT molecular complexity index is 1030. The number of benzene rings is 2. The van der Waals surface area contributed by atoms with Gasteiger partial charge in [0.1, 0.15) is 5.54 Å². The molecule has 3 rings (SSSR count). The van der Waals surface area contributed by atoms with Crippen LogP contribution in [-0.2, 0) is 15.6 Å². The lowest BCUT2D eigenvalue weighted by molar-refractivity contribution is 0.328. The number of anilines is 1. The molecule has 3 N–H and O–H groups in total. The molecule has 0 aliphatic heterocycles. The predicted molar refractivity (Wildman–Crippen MR) is 106 cm³/mol. The number of hydrogen-bond acceptors (Lipinski definition) is 4. The van der Waals surface area contributed by atoms with Crippen molar-refractivity contribution in [1.29, 1.82) is 0 Å². The maximum Gasteiger partial charge on any atom is 0.229 e. The molecule has 1 unspecified atom stereocenters. The molecule has 1 heterocycles. The lowest BCUT2D eigenvalue weighted by atomic mass is 9.87. The SMILES string of the molecule is CCC(CN)(c1ccc(Cl)cc1)n1ncc2c(NS(C)(=O)=O)cccc21. The predicted octanol–water partition coefficient (Wildman–Crippen LogP) is 3.17. The van der Waals surface area contributed by atoms with Crippen LogP contribution in [0.3, 0.4) is 0 Å². The first-order chi connectivity index (χ1) is 12.3. The van der Waals surface area contributed by atoms with Gasteiger partial charge in [0.05, 0.1) is 23.7 Å². The Labute approximate surface area is 158 Å². The van der Waals surface area contributed by atoms with Crippen molar-refractivity contribution in [2.75, 3.05) is 17.5 Å². The van der Waals surface area contributed by atoms with Gasteiger partial charge in [0.25, 0.3) is 0 Å². The van der Waals surface area contributed by atoms with Crippen molar-refractivity contribution in [2.24, 2.45) is 5.73 Å². The molecule has 1 atom stereocenters. The highest BCUT2D eigenvalue weighted by atomic mass is 35.5. The zero-order valence-corrected chi connectivity index (χ0v) is 16.2. The normalized spacial score (nSPS) is 14.3. The molecule has 26 heavy (non-hydrogen) atoms. The summed E-state index contributed by atoms with van der Waals surface area (Å²) in [7, 11) is -3.39. The van der Waals surface area contributed by atoms with Gasteiger partial charge in [-0.2, -0.15) is 5.10 Å². The smallest absolute Gasteiger partial charge is 0.229 e. The fraction of sp³-hybridized carbons (Fsp3) is 0.278. The Morgan fingerprint density at radius 3 is 2.50 bits per heavy atom. The third-order valence-electron chi connectivity index (χ3n) is 4.62. The number of hydrogen-bond donors (Lipinski definition) is 2. The van der Waals surface area contributed by atoms with Crippen LogP contribution in [0.15, 0.2) is 48.7 Å². The lowest BCUT2D eigenvalue weighted by Crippen LogP contribution is -2.42. The number of sulfonamides is 1. The Morgan fingerprint density at radius 1 is 1.23 bits per heavy atom. The number of halogens is 1. The van der Waals surface area contributed by atoms with Crippen LogP contribution < -0.4 is 10.5 Å². The molecule has 6 nitrogen and oxygen atoms in total. The molecule has 0 bridgehead atoms. The molecule has 0 aliphatic carbocycles. The van der Waals surface area contributed by atoms with Gasteiger partial charge in [-0.25, -0.2) is 8.42 Å². The first-order valence-electron chi connectivity index (χ1n) is 8.22. The minimum absolute atomic E-state index is 0.339. The van der Waals surface area contributed by atoms with Crippen molar-refractivity contribution < 1.29 is 8.42 Å². The molecule has 138 valence electrons. The average molecular weight is 393 g/mol. The second-order valence-electron chi connectivity index (χ2n) is 6.27. The van der Waals surface area contributed by atoms with Gasteiger partial charge < -0.3 is 5.73 Å². The Hall–Kier alpha value is -2.09. The van der Waals surface area contributed by atoms with Gasteiger partial charge in [0.15, 0.2) is 0 Å². The molecule has 8 heteroatoms. The monoisotopic (exact) mass is 392 g/mol. The standard InChI is InChI=1S/C18H21ClN4O2S/c1-3-18(12-20,13-7-9-14(19)10-8-13)23-17-6-4-5-16(15(17)11-21-23)22-26(2,24)25/h4-11,22H,3,12,20H2,1-2H3. The largest absolute Gasteiger partial charge is 0.328 e. The van der Waals surface area contributed by atoms with E-state index >= 15 is 0 Å². The van der Waals surface area contributed by atoms with Crippen LogP contribution in [0.1, 0.15) is 18.9 Å². The summed E-state index contributed by atoms with van der Waals surface area (Å²) in [6.07, 6.45) is 3.50. The van der Waals surface area contributed by atoms with E-state index in [2.05, 4.69) is 9.82 Å². The summed E-state index contributed by atoms with van der Waals surface area (Å²) >= 11 is 6.03. The third kappa shape index (κ3) is 3.30. The third-order valence-corrected chi connectivity index (χ3v) is 5.46. The minimum Gasteiger partial charge on any atom is -0.328 e. The molecule has 0 spiro atoms. The first kappa shape index (κ1) is 18.7. The van der Waals surface area contributed by atoms with Crippen LogP contribution in [0.25, 0.3) is 10.9 Å². The van der Waals surface area contributed by atoms with Crippen LogP contribution >= 0.6 is 11.6 Å². The molecular formula is C18H21ClN4O2S. The van der Waals surface area contributed by atoms with Crippen molar-refractivity contribution in [2.45, 2.75) is 18.9 Å². The highest BCUT2D eigenvalue weighted by molar-refractivity contribution is 7.92. The van der Waals surface area contributed by atoms with E-state index < -0.39 is 15.6 Å². The van der Waals surface area contributed by atoms with Gasteiger partial charge in [0.2, 0.25) is 10.0 Å². The average Bonchev–Trinajstić information content (AvgIpc) is 3.03. The minimum atomic E-state index is -3.39. The van der Waals surface area contributed by atoms with Crippen LogP contribution in [0.2, 0.25) is 5.02 Å². The Balaban J connectivity index is 2.22. The summed E-state index contributed by atoms with van der Waals surface area (Å²) in [5.41, 5.74) is 7.95. The zero-order chi connectivity index (χ0) is 18.9. The number of aromatic nitrogens is 2. The highest BCUT2D eigenvalue weighted by Gasteiger charge is 2.33. The van der Waals surface area contributed by atoms with Gasteiger partial charge in [0, 0.05) is 17.0 Å². The van der Waals surface area contributed by atoms with E-state index in [4.69, 9.17) is 17.3 Å². The molecule has 0 saturated heterocycles. The molecule has 0 aliphatic rings. The van der Waals surface area contributed by atoms with Crippen LogP contribution in [0.4, 0.5) is 5.69 Å². The summed E-state index contributed by atoms with van der Waals surface area (Å²) in [4.78, 5) is 0. The maximum absolute atomic E-state index is 11.6. The Kier molecular flexibility index (Phi) is 4.96. The van der Waals surface area contributed by atoms with E-state index in [-0.39, 0.29) is 0 Å². The van der Waals surface area contributed by atoms with Gasteiger partial charge in [-0.05, 0) is 36.2 Å². The summed E-state index contributed by atoms with van der Waals surface area (Å²) in [5, 5.41) is 5.94. The molecule has 0 saturated carbocycles. The van der Waals surface area contributed by atoms with Gasteiger partial charge >= 0.3 is 0 Å². The van der Waals surface area contributed by atoms with Crippen LogP contribution in [0, 0.1) is 0 Å². The molecule has 2 aromatic carbocycles. The van der Waals surface area contributed by atoms with E-state index in [1.807, 2.05) is 41.9 Å². The Morgan fingerprint density at radius 2 is 1.92 bits per heavy atom. The number of nitrogens with one attached hydrogen (secondary N) is 1. The number of fused-ring (bicyclic) bond motifs is 1. The van der Waals surface area contributed by atoms with Gasteiger partial charge in [-0.15, -0.1) is 0 Å².